The topological polar surface area (TPSA) is 45.2 Å². The molecule has 0 saturated carbocycles. The maximum Gasteiger partial charge on any atom is 0.272 e. The van der Waals surface area contributed by atoms with Gasteiger partial charge in [0.05, 0.1) is 0 Å². The standard InChI is InChI=1S/C23H31N3O/c1-18(2)8-12-24-21-9-13-25-22(17-21)23(27)26-14-10-20(11-15-26)16-19-6-4-3-5-7-19/h3-7,9,13,17-18,20H,8,10-12,14-16H2,1-2H3,(H,24,25). The van der Waals surface area contributed by atoms with Crippen LogP contribution in [0.4, 0.5) is 5.69 Å². The molecular formula is C23H31N3O. The number of carbonyl (C=O) groups excluding carboxylic acids is 1. The fraction of sp³-hybridized carbons (Fsp3) is 0.478. The first-order valence-electron chi connectivity index (χ1n) is 10.1. The number of hydrogen-bond donors (Lipinski definition) is 1. The lowest BCUT2D eigenvalue weighted by molar-refractivity contribution is 0.0684. The van der Waals surface area contributed by atoms with Crippen LogP contribution in [0.3, 0.4) is 0 Å². The van der Waals surface area contributed by atoms with Gasteiger partial charge in [0.2, 0.25) is 0 Å². The van der Waals surface area contributed by atoms with Crippen LogP contribution >= 0.6 is 0 Å². The van der Waals surface area contributed by atoms with Crippen molar-refractivity contribution < 1.29 is 4.79 Å². The quantitative estimate of drug-likeness (QED) is 0.778. The highest BCUT2D eigenvalue weighted by atomic mass is 16.2. The number of pyridine rings is 1. The first kappa shape index (κ1) is 19.4. The fourth-order valence-electron chi connectivity index (χ4n) is 3.61. The number of amides is 1. The molecule has 1 aromatic heterocycles. The third-order valence-electron chi connectivity index (χ3n) is 5.30. The molecule has 1 saturated heterocycles. The Morgan fingerprint density at radius 2 is 1.93 bits per heavy atom. The minimum Gasteiger partial charge on any atom is -0.385 e. The van der Waals surface area contributed by atoms with Crippen molar-refractivity contribution in [2.24, 2.45) is 11.8 Å². The maximum absolute atomic E-state index is 12.8. The lowest BCUT2D eigenvalue weighted by Gasteiger charge is -2.32. The van der Waals surface area contributed by atoms with Crippen molar-refractivity contribution in [2.45, 2.75) is 39.5 Å². The van der Waals surface area contributed by atoms with E-state index < -0.39 is 0 Å². The normalized spacial score (nSPS) is 15.1. The Balaban J connectivity index is 1.51. The third kappa shape index (κ3) is 5.81. The predicted molar refractivity (Wildman–Crippen MR) is 111 cm³/mol. The van der Waals surface area contributed by atoms with E-state index in [4.69, 9.17) is 0 Å². The van der Waals surface area contributed by atoms with E-state index in [1.54, 1.807) is 6.20 Å². The second kappa shape index (κ2) is 9.54. The van der Waals surface area contributed by atoms with Gasteiger partial charge < -0.3 is 10.2 Å². The van der Waals surface area contributed by atoms with E-state index in [1.165, 1.54) is 5.56 Å². The van der Waals surface area contributed by atoms with Crippen LogP contribution in [0.5, 0.6) is 0 Å². The van der Waals surface area contributed by atoms with E-state index in [0.29, 0.717) is 17.5 Å². The van der Waals surface area contributed by atoms with Crippen LogP contribution < -0.4 is 5.32 Å². The summed E-state index contributed by atoms with van der Waals surface area (Å²) in [6, 6.07) is 14.5. The highest BCUT2D eigenvalue weighted by Gasteiger charge is 2.24. The van der Waals surface area contributed by atoms with Crippen LogP contribution in [0, 0.1) is 11.8 Å². The van der Waals surface area contributed by atoms with Crippen molar-refractivity contribution in [1.29, 1.82) is 0 Å². The molecule has 0 spiro atoms. The Morgan fingerprint density at radius 1 is 1.19 bits per heavy atom. The van der Waals surface area contributed by atoms with E-state index in [9.17, 15) is 4.79 Å². The minimum absolute atomic E-state index is 0.0562. The number of benzene rings is 1. The summed E-state index contributed by atoms with van der Waals surface area (Å²) in [6.07, 6.45) is 6.07. The zero-order chi connectivity index (χ0) is 19.1. The van der Waals surface area contributed by atoms with Crippen molar-refractivity contribution in [2.75, 3.05) is 25.0 Å². The summed E-state index contributed by atoms with van der Waals surface area (Å²) < 4.78 is 0. The van der Waals surface area contributed by atoms with E-state index in [0.717, 1.165) is 51.0 Å². The molecule has 0 aliphatic carbocycles. The SMILES string of the molecule is CC(C)CCNc1ccnc(C(=O)N2CCC(Cc3ccccc3)CC2)c1. The zero-order valence-electron chi connectivity index (χ0n) is 16.5. The number of carbonyl (C=O) groups is 1. The molecule has 1 aliphatic heterocycles. The van der Waals surface area contributed by atoms with Gasteiger partial charge in [-0.3, -0.25) is 9.78 Å². The molecular weight excluding hydrogens is 334 g/mol. The zero-order valence-corrected chi connectivity index (χ0v) is 16.5. The smallest absolute Gasteiger partial charge is 0.272 e. The summed E-state index contributed by atoms with van der Waals surface area (Å²) in [4.78, 5) is 19.1. The average molecular weight is 366 g/mol. The van der Waals surface area contributed by atoms with Crippen molar-refractivity contribution >= 4 is 11.6 Å². The van der Waals surface area contributed by atoms with Gasteiger partial charge in [-0.25, -0.2) is 0 Å². The average Bonchev–Trinajstić information content (AvgIpc) is 2.69. The van der Waals surface area contributed by atoms with E-state index in [2.05, 4.69) is 54.5 Å². The van der Waals surface area contributed by atoms with Crippen LogP contribution in [0.2, 0.25) is 0 Å². The summed E-state index contributed by atoms with van der Waals surface area (Å²) in [5, 5.41) is 3.40. The van der Waals surface area contributed by atoms with Gasteiger partial charge >= 0.3 is 0 Å². The number of hydrogen-bond acceptors (Lipinski definition) is 3. The molecule has 0 bridgehead atoms. The Morgan fingerprint density at radius 3 is 2.63 bits per heavy atom. The number of aromatic nitrogens is 1. The van der Waals surface area contributed by atoms with Gasteiger partial charge in [-0.15, -0.1) is 0 Å². The van der Waals surface area contributed by atoms with Crippen LogP contribution in [0.1, 0.15) is 49.2 Å². The lowest BCUT2D eigenvalue weighted by Crippen LogP contribution is -2.39. The van der Waals surface area contributed by atoms with Gasteiger partial charge in [0.25, 0.3) is 5.91 Å². The third-order valence-corrected chi connectivity index (χ3v) is 5.30. The molecule has 1 amide bonds. The second-order valence-electron chi connectivity index (χ2n) is 7.96. The molecule has 144 valence electrons. The van der Waals surface area contributed by atoms with E-state index in [1.807, 2.05) is 17.0 Å². The molecule has 1 N–H and O–H groups in total. The van der Waals surface area contributed by atoms with Crippen LogP contribution in [-0.4, -0.2) is 35.4 Å². The first-order chi connectivity index (χ1) is 13.1. The Labute approximate surface area is 163 Å². The molecule has 0 atom stereocenters. The highest BCUT2D eigenvalue weighted by Crippen LogP contribution is 2.23. The second-order valence-corrected chi connectivity index (χ2v) is 7.96. The van der Waals surface area contributed by atoms with Gasteiger partial charge in [-0.05, 0) is 55.2 Å². The number of nitrogens with zero attached hydrogens (tertiary/aromatic N) is 2. The number of likely N-dealkylation sites (tertiary alicyclic amines) is 1. The molecule has 3 rings (SSSR count). The molecule has 1 aliphatic rings. The van der Waals surface area contributed by atoms with Crippen molar-refractivity contribution in [3.63, 3.8) is 0 Å². The summed E-state index contributed by atoms with van der Waals surface area (Å²) >= 11 is 0. The molecule has 1 aromatic carbocycles. The fourth-order valence-corrected chi connectivity index (χ4v) is 3.61. The monoisotopic (exact) mass is 365 g/mol. The highest BCUT2D eigenvalue weighted by molar-refractivity contribution is 5.93. The van der Waals surface area contributed by atoms with Crippen LogP contribution in [0.25, 0.3) is 0 Å². The van der Waals surface area contributed by atoms with Crippen LogP contribution in [0.15, 0.2) is 48.7 Å². The molecule has 27 heavy (non-hydrogen) atoms. The summed E-state index contributed by atoms with van der Waals surface area (Å²) in [5.41, 5.74) is 2.92. The lowest BCUT2D eigenvalue weighted by atomic mass is 9.90. The van der Waals surface area contributed by atoms with Gasteiger partial charge in [-0.1, -0.05) is 44.2 Å². The number of anilines is 1. The Kier molecular flexibility index (Phi) is 6.86. The summed E-state index contributed by atoms with van der Waals surface area (Å²) in [7, 11) is 0. The molecule has 1 fully saturated rings. The van der Waals surface area contributed by atoms with Gasteiger partial charge in [0.1, 0.15) is 5.69 Å². The number of piperidine rings is 1. The minimum atomic E-state index is 0.0562. The largest absolute Gasteiger partial charge is 0.385 e. The summed E-state index contributed by atoms with van der Waals surface area (Å²) in [5.74, 6) is 1.38. The maximum atomic E-state index is 12.8. The van der Waals surface area contributed by atoms with Crippen molar-refractivity contribution in [1.82, 2.24) is 9.88 Å². The van der Waals surface area contributed by atoms with Crippen molar-refractivity contribution in [3.8, 4) is 0 Å². The van der Waals surface area contributed by atoms with Crippen LogP contribution in [-0.2, 0) is 6.42 Å². The predicted octanol–water partition coefficient (Wildman–Crippen LogP) is 4.63. The van der Waals surface area contributed by atoms with E-state index >= 15 is 0 Å². The number of rotatable bonds is 7. The molecule has 4 nitrogen and oxygen atoms in total. The molecule has 2 aromatic rings. The molecule has 4 heteroatoms. The van der Waals surface area contributed by atoms with Gasteiger partial charge in [-0.2, -0.15) is 0 Å². The van der Waals surface area contributed by atoms with Gasteiger partial charge in [0, 0.05) is 31.5 Å². The molecule has 0 unspecified atom stereocenters. The molecule has 0 radical (unpaired) electrons. The molecule has 2 heterocycles. The summed E-state index contributed by atoms with van der Waals surface area (Å²) in [6.45, 7) is 6.99. The van der Waals surface area contributed by atoms with Crippen molar-refractivity contribution in [3.05, 3.63) is 59.9 Å². The first-order valence-corrected chi connectivity index (χ1v) is 10.1. The van der Waals surface area contributed by atoms with E-state index in [-0.39, 0.29) is 5.91 Å². The Bertz CT molecular complexity index is 721. The number of nitrogens with one attached hydrogen (secondary N) is 1. The van der Waals surface area contributed by atoms with Gasteiger partial charge in [0.15, 0.2) is 0 Å². The Hall–Kier alpha value is -2.36.